The number of phenolic OH excluding ortho intramolecular Hbond substituents is 1. The molecule has 4 aromatic rings. The lowest BCUT2D eigenvalue weighted by Crippen LogP contribution is -1.92. The van der Waals surface area contributed by atoms with E-state index < -0.39 is 0 Å². The Kier molecular flexibility index (Phi) is 5.21. The average Bonchev–Trinajstić information content (AvgIpc) is 2.79. The monoisotopic (exact) mass is 382 g/mol. The molecule has 0 atom stereocenters. The molecule has 0 fully saturated rings. The van der Waals surface area contributed by atoms with Crippen molar-refractivity contribution in [3.8, 4) is 50.6 Å². The van der Waals surface area contributed by atoms with Gasteiger partial charge in [0.25, 0.3) is 0 Å². The van der Waals surface area contributed by atoms with Crippen LogP contribution in [0.15, 0.2) is 91.0 Å². The van der Waals surface area contributed by atoms with Crippen molar-refractivity contribution >= 4 is 0 Å². The number of hydrogen-bond acceptors (Lipinski definition) is 3. The molecule has 4 aromatic carbocycles. The standard InChI is InChI=1S/C26H22O3/c1-28-20-14-10-18(11-15-20)22-7-5-8-23(19-12-16-21(29-2)17-13-19)26(22)24-6-3-4-9-25(24)27/h3-17,27H,1-2H3. The van der Waals surface area contributed by atoms with Crippen LogP contribution in [0.25, 0.3) is 33.4 Å². The van der Waals surface area contributed by atoms with Crippen LogP contribution >= 0.6 is 0 Å². The quantitative estimate of drug-likeness (QED) is 0.433. The van der Waals surface area contributed by atoms with Crippen LogP contribution in [-0.4, -0.2) is 19.3 Å². The van der Waals surface area contributed by atoms with Crippen LogP contribution in [0.3, 0.4) is 0 Å². The van der Waals surface area contributed by atoms with E-state index in [-0.39, 0.29) is 5.75 Å². The largest absolute Gasteiger partial charge is 0.507 e. The highest BCUT2D eigenvalue weighted by molar-refractivity contribution is 5.96. The molecule has 0 aromatic heterocycles. The highest BCUT2D eigenvalue weighted by atomic mass is 16.5. The zero-order chi connectivity index (χ0) is 20.2. The van der Waals surface area contributed by atoms with Crippen LogP contribution < -0.4 is 9.47 Å². The van der Waals surface area contributed by atoms with Crippen LogP contribution in [0.2, 0.25) is 0 Å². The summed E-state index contributed by atoms with van der Waals surface area (Å²) in [7, 11) is 3.32. The molecule has 0 aliphatic rings. The van der Waals surface area contributed by atoms with Gasteiger partial charge in [-0.15, -0.1) is 0 Å². The van der Waals surface area contributed by atoms with E-state index >= 15 is 0 Å². The van der Waals surface area contributed by atoms with Gasteiger partial charge in [0.1, 0.15) is 17.2 Å². The molecule has 0 saturated carbocycles. The van der Waals surface area contributed by atoms with Gasteiger partial charge in [-0.2, -0.15) is 0 Å². The first-order valence-corrected chi connectivity index (χ1v) is 9.41. The lowest BCUT2D eigenvalue weighted by atomic mass is 9.87. The Balaban J connectivity index is 1.97. The second-order valence-electron chi connectivity index (χ2n) is 6.70. The van der Waals surface area contributed by atoms with E-state index in [4.69, 9.17) is 9.47 Å². The molecule has 0 spiro atoms. The van der Waals surface area contributed by atoms with Crippen molar-refractivity contribution in [2.45, 2.75) is 0 Å². The Bertz CT molecular complexity index is 1050. The number of ether oxygens (including phenoxy) is 2. The first-order chi connectivity index (χ1) is 14.2. The minimum absolute atomic E-state index is 0.253. The molecule has 29 heavy (non-hydrogen) atoms. The van der Waals surface area contributed by atoms with Gasteiger partial charge in [0.05, 0.1) is 14.2 Å². The third-order valence-electron chi connectivity index (χ3n) is 5.04. The zero-order valence-corrected chi connectivity index (χ0v) is 16.4. The summed E-state index contributed by atoms with van der Waals surface area (Å²) in [6.45, 7) is 0. The Morgan fingerprint density at radius 1 is 0.517 bits per heavy atom. The van der Waals surface area contributed by atoms with Gasteiger partial charge in [-0.05, 0) is 52.6 Å². The van der Waals surface area contributed by atoms with Crippen LogP contribution in [0.1, 0.15) is 0 Å². The van der Waals surface area contributed by atoms with Crippen molar-refractivity contribution in [1.29, 1.82) is 0 Å². The molecular weight excluding hydrogens is 360 g/mol. The molecule has 0 amide bonds. The van der Waals surface area contributed by atoms with Gasteiger partial charge in [-0.3, -0.25) is 0 Å². The van der Waals surface area contributed by atoms with Gasteiger partial charge >= 0.3 is 0 Å². The summed E-state index contributed by atoms with van der Waals surface area (Å²) in [4.78, 5) is 0. The number of rotatable bonds is 5. The molecule has 0 aliphatic heterocycles. The first kappa shape index (κ1) is 18.6. The third kappa shape index (κ3) is 3.67. The summed E-state index contributed by atoms with van der Waals surface area (Å²) in [5.41, 5.74) is 5.98. The highest BCUT2D eigenvalue weighted by Gasteiger charge is 2.16. The van der Waals surface area contributed by atoms with E-state index in [0.717, 1.165) is 44.9 Å². The van der Waals surface area contributed by atoms with Crippen LogP contribution in [0.4, 0.5) is 0 Å². The van der Waals surface area contributed by atoms with Crippen molar-refractivity contribution in [2.24, 2.45) is 0 Å². The topological polar surface area (TPSA) is 38.7 Å². The number of methoxy groups -OCH3 is 2. The summed E-state index contributed by atoms with van der Waals surface area (Å²) in [5.74, 6) is 1.87. The van der Waals surface area contributed by atoms with Gasteiger partial charge in [-0.25, -0.2) is 0 Å². The van der Waals surface area contributed by atoms with Crippen LogP contribution in [0.5, 0.6) is 17.2 Å². The normalized spacial score (nSPS) is 10.6. The van der Waals surface area contributed by atoms with E-state index in [1.807, 2.05) is 72.8 Å². The maximum atomic E-state index is 10.6. The molecule has 0 radical (unpaired) electrons. The Hall–Kier alpha value is -3.72. The molecule has 4 rings (SSSR count). The molecule has 0 bridgehead atoms. The molecular formula is C26H22O3. The third-order valence-corrected chi connectivity index (χ3v) is 5.04. The Labute approximate surface area is 170 Å². The van der Waals surface area contributed by atoms with Crippen molar-refractivity contribution in [3.05, 3.63) is 91.0 Å². The zero-order valence-electron chi connectivity index (χ0n) is 16.4. The maximum absolute atomic E-state index is 10.6. The fraction of sp³-hybridized carbons (Fsp3) is 0.0769. The predicted molar refractivity (Wildman–Crippen MR) is 118 cm³/mol. The fourth-order valence-electron chi connectivity index (χ4n) is 3.55. The molecule has 0 heterocycles. The summed E-state index contributed by atoms with van der Waals surface area (Å²) >= 11 is 0. The van der Waals surface area contributed by atoms with Gasteiger partial charge in [0.2, 0.25) is 0 Å². The maximum Gasteiger partial charge on any atom is 0.123 e. The summed E-state index contributed by atoms with van der Waals surface area (Å²) in [5, 5.41) is 10.6. The predicted octanol–water partition coefficient (Wildman–Crippen LogP) is 6.41. The van der Waals surface area contributed by atoms with Gasteiger partial charge in [0.15, 0.2) is 0 Å². The average molecular weight is 382 g/mol. The van der Waals surface area contributed by atoms with Crippen molar-refractivity contribution in [2.75, 3.05) is 14.2 Å². The van der Waals surface area contributed by atoms with Crippen LogP contribution in [0, 0.1) is 0 Å². The number of para-hydroxylation sites is 1. The Morgan fingerprint density at radius 2 is 0.966 bits per heavy atom. The lowest BCUT2D eigenvalue weighted by Gasteiger charge is -2.17. The van der Waals surface area contributed by atoms with Gasteiger partial charge in [0, 0.05) is 11.1 Å². The number of phenols is 1. The lowest BCUT2D eigenvalue weighted by molar-refractivity contribution is 0.415. The molecule has 1 N–H and O–H groups in total. The summed E-state index contributed by atoms with van der Waals surface area (Å²) < 4.78 is 10.6. The van der Waals surface area contributed by atoms with Crippen LogP contribution in [-0.2, 0) is 0 Å². The molecule has 0 unspecified atom stereocenters. The van der Waals surface area contributed by atoms with Gasteiger partial charge in [-0.1, -0.05) is 60.7 Å². The minimum atomic E-state index is 0.253. The SMILES string of the molecule is COc1ccc(-c2cccc(-c3ccc(OC)cc3)c2-c2ccccc2O)cc1. The van der Waals surface area contributed by atoms with E-state index in [1.165, 1.54) is 0 Å². The van der Waals surface area contributed by atoms with E-state index in [2.05, 4.69) is 12.1 Å². The molecule has 0 saturated heterocycles. The second-order valence-corrected chi connectivity index (χ2v) is 6.70. The molecule has 0 aliphatic carbocycles. The number of aromatic hydroxyl groups is 1. The van der Waals surface area contributed by atoms with Crippen molar-refractivity contribution in [3.63, 3.8) is 0 Å². The minimum Gasteiger partial charge on any atom is -0.507 e. The molecule has 3 heteroatoms. The summed E-state index contributed by atoms with van der Waals surface area (Å²) in [6, 6.07) is 29.6. The van der Waals surface area contributed by atoms with E-state index in [0.29, 0.717) is 0 Å². The first-order valence-electron chi connectivity index (χ1n) is 9.41. The second kappa shape index (κ2) is 8.11. The Morgan fingerprint density at radius 3 is 1.41 bits per heavy atom. The summed E-state index contributed by atoms with van der Waals surface area (Å²) in [6.07, 6.45) is 0. The molecule has 144 valence electrons. The van der Waals surface area contributed by atoms with Crippen molar-refractivity contribution in [1.82, 2.24) is 0 Å². The van der Waals surface area contributed by atoms with E-state index in [1.54, 1.807) is 20.3 Å². The van der Waals surface area contributed by atoms with E-state index in [9.17, 15) is 5.11 Å². The fourth-order valence-corrected chi connectivity index (χ4v) is 3.55. The van der Waals surface area contributed by atoms with Gasteiger partial charge < -0.3 is 14.6 Å². The number of hydrogen-bond donors (Lipinski definition) is 1. The smallest absolute Gasteiger partial charge is 0.123 e. The molecule has 3 nitrogen and oxygen atoms in total. The van der Waals surface area contributed by atoms with Crippen molar-refractivity contribution < 1.29 is 14.6 Å². The highest BCUT2D eigenvalue weighted by Crippen LogP contribution is 2.43. The number of benzene rings is 4.